The second kappa shape index (κ2) is 7.36. The first-order chi connectivity index (χ1) is 8.51. The zero-order valence-electron chi connectivity index (χ0n) is 10.6. The summed E-state index contributed by atoms with van der Waals surface area (Å²) in [5, 5.41) is 15.4. The number of carbonyl (C=O) groups is 1. The third-order valence-electron chi connectivity index (χ3n) is 2.44. The number of benzene rings is 1. The van der Waals surface area contributed by atoms with Gasteiger partial charge in [-0.05, 0) is 32.0 Å². The molecule has 2 atom stereocenters. The first-order valence-electron chi connectivity index (χ1n) is 5.93. The van der Waals surface area contributed by atoms with E-state index in [9.17, 15) is 4.79 Å². The Bertz CT molecular complexity index is 398. The quantitative estimate of drug-likeness (QED) is 0.741. The van der Waals surface area contributed by atoms with Gasteiger partial charge in [-0.2, -0.15) is 0 Å². The topological polar surface area (TPSA) is 61.4 Å². The second-order valence-corrected chi connectivity index (χ2v) is 4.85. The van der Waals surface area contributed by atoms with Crippen molar-refractivity contribution in [2.75, 3.05) is 11.9 Å². The second-order valence-electron chi connectivity index (χ2n) is 4.41. The van der Waals surface area contributed by atoms with Gasteiger partial charge in [0.15, 0.2) is 0 Å². The Morgan fingerprint density at radius 3 is 2.72 bits per heavy atom. The van der Waals surface area contributed by atoms with Gasteiger partial charge < -0.3 is 15.7 Å². The highest BCUT2D eigenvalue weighted by atomic mass is 35.5. The first kappa shape index (κ1) is 15.0. The average Bonchev–Trinajstić information content (AvgIpc) is 2.28. The Hall–Kier alpha value is -1.10. The van der Waals surface area contributed by atoms with E-state index in [2.05, 4.69) is 10.6 Å². The van der Waals surface area contributed by atoms with E-state index in [1.807, 2.05) is 13.8 Å². The van der Waals surface area contributed by atoms with Crippen LogP contribution < -0.4 is 10.6 Å². The van der Waals surface area contributed by atoms with Crippen LogP contribution >= 0.6 is 11.6 Å². The fraction of sp³-hybridized carbons (Fsp3) is 0.462. The zero-order valence-corrected chi connectivity index (χ0v) is 11.4. The molecule has 0 spiro atoms. The van der Waals surface area contributed by atoms with E-state index >= 15 is 0 Å². The third-order valence-corrected chi connectivity index (χ3v) is 2.68. The lowest BCUT2D eigenvalue weighted by Gasteiger charge is -2.17. The van der Waals surface area contributed by atoms with Crippen LogP contribution in [0.3, 0.4) is 0 Å². The summed E-state index contributed by atoms with van der Waals surface area (Å²) >= 11 is 5.83. The molecule has 1 amide bonds. The minimum atomic E-state index is -0.0811. The lowest BCUT2D eigenvalue weighted by Crippen LogP contribution is -2.38. The highest BCUT2D eigenvalue weighted by Gasteiger charge is 2.11. The van der Waals surface area contributed by atoms with Crippen molar-refractivity contribution in [3.05, 3.63) is 29.3 Å². The summed E-state index contributed by atoms with van der Waals surface area (Å²) in [6.07, 6.45) is 0.344. The number of aliphatic hydroxyl groups is 1. The van der Waals surface area contributed by atoms with Crippen LogP contribution in [0.15, 0.2) is 24.3 Å². The molecule has 4 nitrogen and oxygen atoms in total. The molecule has 0 aliphatic carbocycles. The van der Waals surface area contributed by atoms with E-state index < -0.39 is 0 Å². The SMILES string of the molecule is CC(CC(=O)Nc1cccc(Cl)c1)N[C@H](C)CO. The molecule has 0 heterocycles. The van der Waals surface area contributed by atoms with Gasteiger partial charge in [-0.25, -0.2) is 0 Å². The van der Waals surface area contributed by atoms with Crippen LogP contribution in [0.25, 0.3) is 0 Å². The smallest absolute Gasteiger partial charge is 0.225 e. The Labute approximate surface area is 112 Å². The summed E-state index contributed by atoms with van der Waals surface area (Å²) in [4.78, 5) is 11.7. The van der Waals surface area contributed by atoms with Gasteiger partial charge in [0.25, 0.3) is 0 Å². The Balaban J connectivity index is 2.42. The molecule has 0 bridgehead atoms. The minimum Gasteiger partial charge on any atom is -0.395 e. The average molecular weight is 271 g/mol. The largest absolute Gasteiger partial charge is 0.395 e. The maximum absolute atomic E-state index is 11.7. The molecule has 0 aliphatic rings. The van der Waals surface area contributed by atoms with Crippen molar-refractivity contribution >= 4 is 23.2 Å². The summed E-state index contributed by atoms with van der Waals surface area (Å²) in [5.74, 6) is -0.0811. The number of rotatable bonds is 6. The number of nitrogens with one attached hydrogen (secondary N) is 2. The van der Waals surface area contributed by atoms with Gasteiger partial charge >= 0.3 is 0 Å². The monoisotopic (exact) mass is 270 g/mol. The molecule has 18 heavy (non-hydrogen) atoms. The summed E-state index contributed by atoms with van der Waals surface area (Å²) < 4.78 is 0. The van der Waals surface area contributed by atoms with Crippen LogP contribution in [0, 0.1) is 0 Å². The van der Waals surface area contributed by atoms with Crippen molar-refractivity contribution in [3.8, 4) is 0 Å². The van der Waals surface area contributed by atoms with Crippen LogP contribution in [0.4, 0.5) is 5.69 Å². The highest BCUT2D eigenvalue weighted by molar-refractivity contribution is 6.30. The van der Waals surface area contributed by atoms with Crippen molar-refractivity contribution < 1.29 is 9.90 Å². The van der Waals surface area contributed by atoms with Crippen LogP contribution in [0.2, 0.25) is 5.02 Å². The standard InChI is InChI=1S/C13H19ClN2O2/c1-9(15-10(2)8-17)6-13(18)16-12-5-3-4-11(14)7-12/h3-5,7,9-10,15,17H,6,8H2,1-2H3,(H,16,18)/t9?,10-/m1/s1. The Morgan fingerprint density at radius 1 is 1.39 bits per heavy atom. The number of hydrogen-bond acceptors (Lipinski definition) is 3. The molecule has 0 radical (unpaired) electrons. The van der Waals surface area contributed by atoms with Crippen LogP contribution in [-0.2, 0) is 4.79 Å². The molecule has 100 valence electrons. The fourth-order valence-electron chi connectivity index (χ4n) is 1.65. The summed E-state index contributed by atoms with van der Waals surface area (Å²) in [6.45, 7) is 3.83. The van der Waals surface area contributed by atoms with Gasteiger partial charge in [0.1, 0.15) is 0 Å². The maximum Gasteiger partial charge on any atom is 0.225 e. The normalized spacial score (nSPS) is 14.0. The van der Waals surface area contributed by atoms with E-state index in [4.69, 9.17) is 16.7 Å². The van der Waals surface area contributed by atoms with Crippen molar-refractivity contribution in [3.63, 3.8) is 0 Å². The highest BCUT2D eigenvalue weighted by Crippen LogP contribution is 2.15. The summed E-state index contributed by atoms with van der Waals surface area (Å²) in [6, 6.07) is 7.02. The lowest BCUT2D eigenvalue weighted by atomic mass is 10.2. The molecule has 3 N–H and O–H groups in total. The summed E-state index contributed by atoms with van der Waals surface area (Å²) in [7, 11) is 0. The van der Waals surface area contributed by atoms with Crippen LogP contribution in [-0.4, -0.2) is 29.7 Å². The van der Waals surface area contributed by atoms with E-state index in [1.54, 1.807) is 24.3 Å². The fourth-order valence-corrected chi connectivity index (χ4v) is 1.84. The van der Waals surface area contributed by atoms with Gasteiger partial charge in [0.05, 0.1) is 6.61 Å². The van der Waals surface area contributed by atoms with E-state index in [1.165, 1.54) is 0 Å². The molecule has 0 saturated heterocycles. The van der Waals surface area contributed by atoms with Gasteiger partial charge in [-0.15, -0.1) is 0 Å². The molecule has 5 heteroatoms. The van der Waals surface area contributed by atoms with Crippen LogP contribution in [0.1, 0.15) is 20.3 Å². The van der Waals surface area contributed by atoms with Gasteiger partial charge in [-0.1, -0.05) is 17.7 Å². The number of hydrogen-bond donors (Lipinski definition) is 3. The first-order valence-corrected chi connectivity index (χ1v) is 6.31. The lowest BCUT2D eigenvalue weighted by molar-refractivity contribution is -0.116. The molecule has 0 fully saturated rings. The molecular formula is C13H19ClN2O2. The van der Waals surface area contributed by atoms with Gasteiger partial charge in [0.2, 0.25) is 5.91 Å². The number of halogens is 1. The minimum absolute atomic E-state index is 0.00586. The van der Waals surface area contributed by atoms with Crippen molar-refractivity contribution in [1.82, 2.24) is 5.32 Å². The number of anilines is 1. The maximum atomic E-state index is 11.7. The number of aliphatic hydroxyl groups excluding tert-OH is 1. The van der Waals surface area contributed by atoms with Gasteiger partial charge in [-0.3, -0.25) is 4.79 Å². The molecule has 0 saturated carbocycles. The molecule has 1 unspecified atom stereocenters. The van der Waals surface area contributed by atoms with Crippen molar-refractivity contribution in [2.45, 2.75) is 32.4 Å². The molecule has 1 rings (SSSR count). The van der Waals surface area contributed by atoms with E-state index in [0.717, 1.165) is 0 Å². The number of carbonyl (C=O) groups excluding carboxylic acids is 1. The molecule has 1 aromatic carbocycles. The van der Waals surface area contributed by atoms with Crippen LogP contribution in [0.5, 0.6) is 0 Å². The number of amides is 1. The zero-order chi connectivity index (χ0) is 13.5. The molecular weight excluding hydrogens is 252 g/mol. The molecule has 0 aromatic heterocycles. The summed E-state index contributed by atoms with van der Waals surface area (Å²) in [5.41, 5.74) is 0.690. The third kappa shape index (κ3) is 5.49. The van der Waals surface area contributed by atoms with Crippen molar-refractivity contribution in [2.24, 2.45) is 0 Å². The molecule has 1 aromatic rings. The molecule has 0 aliphatic heterocycles. The van der Waals surface area contributed by atoms with Gasteiger partial charge in [0, 0.05) is 29.2 Å². The Morgan fingerprint density at radius 2 is 2.11 bits per heavy atom. The predicted molar refractivity (Wildman–Crippen MR) is 73.8 cm³/mol. The predicted octanol–water partition coefficient (Wildman–Crippen LogP) is 2.03. The Kier molecular flexibility index (Phi) is 6.12. The van der Waals surface area contributed by atoms with E-state index in [0.29, 0.717) is 17.1 Å². The van der Waals surface area contributed by atoms with E-state index in [-0.39, 0.29) is 24.6 Å². The van der Waals surface area contributed by atoms with Crippen molar-refractivity contribution in [1.29, 1.82) is 0 Å².